The van der Waals surface area contributed by atoms with Gasteiger partial charge in [0.25, 0.3) is 5.91 Å². The molecule has 1 aromatic carbocycles. The Labute approximate surface area is 123 Å². The molecule has 0 bridgehead atoms. The lowest BCUT2D eigenvalue weighted by molar-refractivity contribution is -0.116. The topological polar surface area (TPSA) is 66.2 Å². The summed E-state index contributed by atoms with van der Waals surface area (Å²) in [5.41, 5.74) is 0.795. The van der Waals surface area contributed by atoms with E-state index in [1.807, 2.05) is 0 Å². The number of azo groups is 1. The van der Waals surface area contributed by atoms with Gasteiger partial charge in [0.1, 0.15) is 5.82 Å². The van der Waals surface area contributed by atoms with Gasteiger partial charge in [-0.25, -0.2) is 9.38 Å². The van der Waals surface area contributed by atoms with Gasteiger partial charge in [-0.2, -0.15) is 10.2 Å². The molecule has 102 valence electrons. The predicted octanol–water partition coefficient (Wildman–Crippen LogP) is 2.87. The fraction of sp³-hybridized carbons (Fsp3) is 0.167. The smallest absolute Gasteiger partial charge is 0.258 e. The van der Waals surface area contributed by atoms with Crippen LogP contribution >= 0.6 is 23.4 Å². The summed E-state index contributed by atoms with van der Waals surface area (Å²) in [7, 11) is 0. The van der Waals surface area contributed by atoms with Crippen molar-refractivity contribution in [1.82, 2.24) is 5.32 Å². The van der Waals surface area contributed by atoms with Crippen LogP contribution in [0.15, 0.2) is 45.2 Å². The fourth-order valence-electron chi connectivity index (χ4n) is 1.76. The van der Waals surface area contributed by atoms with Crippen LogP contribution in [0.1, 0.15) is 5.56 Å². The number of aliphatic imine (C=N–C) groups is 1. The molecule has 8 heteroatoms. The van der Waals surface area contributed by atoms with Crippen LogP contribution in [0.25, 0.3) is 0 Å². The number of carbonyl (C=O) groups excluding carboxylic acids is 1. The maximum atomic E-state index is 13.6. The van der Waals surface area contributed by atoms with Crippen LogP contribution in [-0.4, -0.2) is 17.2 Å². The zero-order chi connectivity index (χ0) is 14.1. The molecule has 3 rings (SSSR count). The monoisotopic (exact) mass is 310 g/mol. The van der Waals surface area contributed by atoms with Crippen LogP contribution in [0, 0.1) is 5.82 Å². The van der Waals surface area contributed by atoms with E-state index in [0.717, 1.165) is 0 Å². The van der Waals surface area contributed by atoms with Gasteiger partial charge in [-0.1, -0.05) is 29.4 Å². The Morgan fingerprint density at radius 2 is 2.30 bits per heavy atom. The number of benzene rings is 1. The second-order valence-electron chi connectivity index (χ2n) is 4.07. The van der Waals surface area contributed by atoms with Crippen LogP contribution in [0.4, 0.5) is 4.39 Å². The van der Waals surface area contributed by atoms with Gasteiger partial charge in [0, 0.05) is 16.3 Å². The standard InChI is InChI=1S/C12H8ClFN4OS/c13-8-2-1-3-9(14)7(8)5-20-12-16-10-6(4-15-18-10)11(19)17-12/h1-4,10H,5H2,(H,16,17,19). The lowest BCUT2D eigenvalue weighted by Crippen LogP contribution is -2.37. The molecule has 1 N–H and O–H groups in total. The van der Waals surface area contributed by atoms with E-state index in [-0.39, 0.29) is 17.5 Å². The average Bonchev–Trinajstić information content (AvgIpc) is 2.87. The quantitative estimate of drug-likeness (QED) is 0.912. The van der Waals surface area contributed by atoms with Gasteiger partial charge in [-0.05, 0) is 12.1 Å². The van der Waals surface area contributed by atoms with Crippen LogP contribution in [0.3, 0.4) is 0 Å². The summed E-state index contributed by atoms with van der Waals surface area (Å²) in [6.07, 6.45) is 0.806. The zero-order valence-electron chi connectivity index (χ0n) is 10.0. The Bertz CT molecular complexity index is 653. The molecule has 0 radical (unpaired) electrons. The Morgan fingerprint density at radius 3 is 3.10 bits per heavy atom. The number of amidine groups is 1. The fourth-order valence-corrected chi connectivity index (χ4v) is 2.98. The van der Waals surface area contributed by atoms with Crippen LogP contribution in [-0.2, 0) is 10.5 Å². The molecule has 2 aliphatic heterocycles. The zero-order valence-corrected chi connectivity index (χ0v) is 11.6. The van der Waals surface area contributed by atoms with Crippen molar-refractivity contribution in [1.29, 1.82) is 0 Å². The Morgan fingerprint density at radius 1 is 1.45 bits per heavy atom. The summed E-state index contributed by atoms with van der Waals surface area (Å²) in [6.45, 7) is 0. The minimum Gasteiger partial charge on any atom is -0.301 e. The van der Waals surface area contributed by atoms with Crippen LogP contribution in [0.2, 0.25) is 5.02 Å². The van der Waals surface area contributed by atoms with Crippen molar-refractivity contribution >= 4 is 34.4 Å². The van der Waals surface area contributed by atoms with Crippen LogP contribution in [0.5, 0.6) is 0 Å². The third-order valence-corrected chi connectivity index (χ3v) is 4.06. The molecule has 0 saturated carbocycles. The van der Waals surface area contributed by atoms with Gasteiger partial charge < -0.3 is 5.32 Å². The van der Waals surface area contributed by atoms with E-state index in [0.29, 0.717) is 21.3 Å². The highest BCUT2D eigenvalue weighted by molar-refractivity contribution is 8.13. The second-order valence-corrected chi connectivity index (χ2v) is 5.44. The number of halogens is 2. The number of nitrogens with one attached hydrogen (secondary N) is 1. The largest absolute Gasteiger partial charge is 0.301 e. The van der Waals surface area contributed by atoms with Crippen LogP contribution < -0.4 is 5.32 Å². The lowest BCUT2D eigenvalue weighted by atomic mass is 10.2. The van der Waals surface area contributed by atoms with E-state index in [1.165, 1.54) is 24.0 Å². The molecule has 20 heavy (non-hydrogen) atoms. The highest BCUT2D eigenvalue weighted by Gasteiger charge is 2.29. The van der Waals surface area contributed by atoms with Gasteiger partial charge in [-0.3, -0.25) is 4.79 Å². The number of hydrogen-bond donors (Lipinski definition) is 1. The SMILES string of the molecule is O=C1NC(SCc2c(F)cccc2Cl)=NC2N=NC=C12. The molecule has 1 aromatic rings. The molecule has 1 atom stereocenters. The number of rotatable bonds is 2. The average molecular weight is 311 g/mol. The molecule has 0 aliphatic carbocycles. The van der Waals surface area contributed by atoms with E-state index in [4.69, 9.17) is 11.6 Å². The first-order chi connectivity index (χ1) is 9.65. The van der Waals surface area contributed by atoms with Crippen molar-refractivity contribution in [3.8, 4) is 0 Å². The maximum absolute atomic E-state index is 13.6. The van der Waals surface area contributed by atoms with Crippen molar-refractivity contribution in [2.24, 2.45) is 15.2 Å². The minimum atomic E-state index is -0.581. The number of carbonyl (C=O) groups is 1. The molecular formula is C12H8ClFN4OS. The van der Waals surface area contributed by atoms with E-state index in [2.05, 4.69) is 20.5 Å². The summed E-state index contributed by atoms with van der Waals surface area (Å²) in [5, 5.41) is 10.8. The Balaban J connectivity index is 1.75. The molecule has 0 fully saturated rings. The van der Waals surface area contributed by atoms with Gasteiger partial charge in [0.05, 0.1) is 11.8 Å². The minimum absolute atomic E-state index is 0.271. The van der Waals surface area contributed by atoms with Gasteiger partial charge in [0.15, 0.2) is 11.3 Å². The third-order valence-electron chi connectivity index (χ3n) is 2.79. The molecule has 5 nitrogen and oxygen atoms in total. The number of amides is 1. The normalized spacial score (nSPS) is 20.3. The predicted molar refractivity (Wildman–Crippen MR) is 75.0 cm³/mol. The Kier molecular flexibility index (Phi) is 3.54. The number of fused-ring (bicyclic) bond motifs is 1. The summed E-state index contributed by atoms with van der Waals surface area (Å²) < 4.78 is 13.6. The van der Waals surface area contributed by atoms with Crippen molar-refractivity contribution in [2.45, 2.75) is 11.9 Å². The van der Waals surface area contributed by atoms with Crippen molar-refractivity contribution in [2.75, 3.05) is 0 Å². The summed E-state index contributed by atoms with van der Waals surface area (Å²) >= 11 is 7.14. The summed E-state index contributed by atoms with van der Waals surface area (Å²) in [6, 6.07) is 4.50. The molecule has 1 unspecified atom stereocenters. The summed E-state index contributed by atoms with van der Waals surface area (Å²) in [4.78, 5) is 16.0. The van der Waals surface area contributed by atoms with E-state index >= 15 is 0 Å². The van der Waals surface area contributed by atoms with Crippen molar-refractivity contribution in [3.05, 3.63) is 46.4 Å². The van der Waals surface area contributed by atoms with Crippen molar-refractivity contribution in [3.63, 3.8) is 0 Å². The van der Waals surface area contributed by atoms with Gasteiger partial charge in [-0.15, -0.1) is 0 Å². The van der Waals surface area contributed by atoms with Gasteiger partial charge in [0.2, 0.25) is 0 Å². The maximum Gasteiger partial charge on any atom is 0.258 e. The molecule has 2 aliphatic rings. The third kappa shape index (κ3) is 2.46. The van der Waals surface area contributed by atoms with Crippen molar-refractivity contribution < 1.29 is 9.18 Å². The molecular weight excluding hydrogens is 303 g/mol. The molecule has 1 amide bonds. The number of nitrogens with zero attached hydrogens (tertiary/aromatic N) is 3. The first kappa shape index (κ1) is 13.3. The molecule has 0 aromatic heterocycles. The molecule has 2 heterocycles. The first-order valence-corrected chi connectivity index (χ1v) is 7.06. The lowest BCUT2D eigenvalue weighted by Gasteiger charge is -2.17. The molecule has 0 spiro atoms. The Hall–Kier alpha value is -1.73. The number of hydrogen-bond acceptors (Lipinski definition) is 5. The van der Waals surface area contributed by atoms with E-state index in [9.17, 15) is 9.18 Å². The van der Waals surface area contributed by atoms with Gasteiger partial charge >= 0.3 is 0 Å². The summed E-state index contributed by atoms with van der Waals surface area (Å²) in [5.74, 6) is -0.390. The highest BCUT2D eigenvalue weighted by Crippen LogP contribution is 2.27. The first-order valence-electron chi connectivity index (χ1n) is 5.70. The number of thioether (sulfide) groups is 1. The van der Waals surface area contributed by atoms with E-state index in [1.54, 1.807) is 12.1 Å². The molecule has 0 saturated heterocycles. The van der Waals surface area contributed by atoms with E-state index < -0.39 is 6.17 Å². The second kappa shape index (κ2) is 5.34. The highest BCUT2D eigenvalue weighted by atomic mass is 35.5.